The van der Waals surface area contributed by atoms with Crippen LogP contribution in [-0.2, 0) is 0 Å². The van der Waals surface area contributed by atoms with Gasteiger partial charge in [0.05, 0.1) is 4.88 Å². The first-order valence-corrected chi connectivity index (χ1v) is 10.2. The maximum absolute atomic E-state index is 12.5. The van der Waals surface area contributed by atoms with Crippen molar-refractivity contribution < 1.29 is 19.4 Å². The molecule has 1 N–H and O–H groups in total. The Hall–Kier alpha value is -2.22. The van der Waals surface area contributed by atoms with Crippen LogP contribution >= 0.6 is 11.3 Å². The molecule has 150 valence electrons. The van der Waals surface area contributed by atoms with Gasteiger partial charge in [-0.2, -0.15) is 0 Å². The maximum atomic E-state index is 12.5. The number of hydrogen-bond donors (Lipinski definition) is 1. The van der Waals surface area contributed by atoms with Gasteiger partial charge in [-0.25, -0.2) is 0 Å². The van der Waals surface area contributed by atoms with Crippen LogP contribution in [0.1, 0.15) is 31.8 Å². The minimum absolute atomic E-state index is 0.0124. The molecule has 0 spiro atoms. The highest BCUT2D eigenvalue weighted by Crippen LogP contribution is 2.18. The van der Waals surface area contributed by atoms with Crippen LogP contribution in [0.25, 0.3) is 0 Å². The van der Waals surface area contributed by atoms with Gasteiger partial charge in [0.15, 0.2) is 5.78 Å². The fourth-order valence-corrected chi connectivity index (χ4v) is 4.00. The lowest BCUT2D eigenvalue weighted by atomic mass is 10.1. The van der Waals surface area contributed by atoms with Crippen LogP contribution in [-0.4, -0.2) is 72.0 Å². The molecular formula is C21H26N2O4S. The number of benzene rings is 1. The third-order valence-corrected chi connectivity index (χ3v) is 5.77. The number of piperazine rings is 1. The van der Waals surface area contributed by atoms with E-state index >= 15 is 0 Å². The second-order valence-corrected chi connectivity index (χ2v) is 8.34. The van der Waals surface area contributed by atoms with Gasteiger partial charge in [0.25, 0.3) is 5.91 Å². The number of aryl methyl sites for hydroxylation is 1. The topological polar surface area (TPSA) is 70.1 Å². The number of rotatable bonds is 7. The second kappa shape index (κ2) is 9.32. The van der Waals surface area contributed by atoms with Gasteiger partial charge in [-0.05, 0) is 50.2 Å². The largest absolute Gasteiger partial charge is 0.491 e. The molecular weight excluding hydrogens is 376 g/mol. The summed E-state index contributed by atoms with van der Waals surface area (Å²) in [7, 11) is 0. The Morgan fingerprint density at radius 1 is 1.11 bits per heavy atom. The van der Waals surface area contributed by atoms with Gasteiger partial charge in [-0.1, -0.05) is 0 Å². The van der Waals surface area contributed by atoms with Crippen LogP contribution in [0.5, 0.6) is 5.75 Å². The van der Waals surface area contributed by atoms with Crippen molar-refractivity contribution in [2.75, 3.05) is 39.3 Å². The number of ether oxygens (including phenoxy) is 1. The summed E-state index contributed by atoms with van der Waals surface area (Å²) in [5, 5.41) is 10.3. The van der Waals surface area contributed by atoms with E-state index in [4.69, 9.17) is 4.74 Å². The van der Waals surface area contributed by atoms with Crippen LogP contribution in [0.4, 0.5) is 0 Å². The molecule has 1 aromatic carbocycles. The van der Waals surface area contributed by atoms with Crippen LogP contribution in [0.15, 0.2) is 36.4 Å². The summed E-state index contributed by atoms with van der Waals surface area (Å²) in [5.41, 5.74) is 0.637. The van der Waals surface area contributed by atoms with Gasteiger partial charge >= 0.3 is 0 Å². The van der Waals surface area contributed by atoms with Crippen LogP contribution in [0, 0.1) is 6.92 Å². The van der Waals surface area contributed by atoms with Crippen molar-refractivity contribution in [2.24, 2.45) is 0 Å². The van der Waals surface area contributed by atoms with Crippen LogP contribution in [0.3, 0.4) is 0 Å². The van der Waals surface area contributed by atoms with Crippen molar-refractivity contribution >= 4 is 23.0 Å². The van der Waals surface area contributed by atoms with E-state index in [1.54, 1.807) is 24.3 Å². The summed E-state index contributed by atoms with van der Waals surface area (Å²) in [5.74, 6) is 0.736. The molecule has 1 aromatic heterocycles. The smallest absolute Gasteiger partial charge is 0.264 e. The Kier molecular flexibility index (Phi) is 6.83. The minimum atomic E-state index is -0.616. The maximum Gasteiger partial charge on any atom is 0.264 e. The van der Waals surface area contributed by atoms with Crippen molar-refractivity contribution in [1.82, 2.24) is 9.80 Å². The minimum Gasteiger partial charge on any atom is -0.491 e. The predicted octanol–water partition coefficient (Wildman–Crippen LogP) is 2.46. The van der Waals surface area contributed by atoms with Crippen molar-refractivity contribution in [3.8, 4) is 5.75 Å². The molecule has 0 bridgehead atoms. The molecule has 7 heteroatoms. The molecule has 1 fully saturated rings. The number of thiophene rings is 1. The molecule has 0 aliphatic carbocycles. The normalized spacial score (nSPS) is 16.0. The number of Topliss-reactive ketones (excluding diaryl/α,β-unsaturated/α-hetero) is 1. The first-order valence-electron chi connectivity index (χ1n) is 9.42. The van der Waals surface area contributed by atoms with E-state index in [1.165, 1.54) is 18.3 Å². The molecule has 1 aliphatic heterocycles. The highest BCUT2D eigenvalue weighted by Gasteiger charge is 2.24. The monoisotopic (exact) mass is 402 g/mol. The zero-order chi connectivity index (χ0) is 20.1. The highest BCUT2D eigenvalue weighted by atomic mass is 32.1. The van der Waals surface area contributed by atoms with E-state index in [-0.39, 0.29) is 18.3 Å². The molecule has 1 unspecified atom stereocenters. The number of β-amino-alcohol motifs (C(OH)–C–C–N with tert-alkyl or cyclic N) is 1. The van der Waals surface area contributed by atoms with Crippen LogP contribution in [0.2, 0.25) is 0 Å². The lowest BCUT2D eigenvalue weighted by Crippen LogP contribution is -2.50. The van der Waals surface area contributed by atoms with E-state index < -0.39 is 6.10 Å². The number of hydrogen-bond acceptors (Lipinski definition) is 6. The van der Waals surface area contributed by atoms with E-state index in [1.807, 2.05) is 24.0 Å². The zero-order valence-corrected chi connectivity index (χ0v) is 17.1. The standard InChI is InChI=1S/C21H26N2O4S/c1-15-3-8-20(28-15)21(26)23-11-9-22(10-12-23)13-18(25)14-27-19-6-4-17(5-7-19)16(2)24/h3-8,18,25H,9-14H2,1-2H3. The summed E-state index contributed by atoms with van der Waals surface area (Å²) >= 11 is 1.53. The van der Waals surface area contributed by atoms with E-state index in [9.17, 15) is 14.7 Å². The van der Waals surface area contributed by atoms with Gasteiger partial charge in [0.2, 0.25) is 0 Å². The van der Waals surface area contributed by atoms with Crippen molar-refractivity contribution in [3.05, 3.63) is 51.7 Å². The van der Waals surface area contributed by atoms with Gasteiger partial charge in [-0.15, -0.1) is 11.3 Å². The molecule has 1 atom stereocenters. The van der Waals surface area contributed by atoms with Crippen molar-refractivity contribution in [2.45, 2.75) is 20.0 Å². The number of carbonyl (C=O) groups is 2. The molecule has 28 heavy (non-hydrogen) atoms. The van der Waals surface area contributed by atoms with Gasteiger partial charge in [0, 0.05) is 43.2 Å². The summed E-state index contributed by atoms with van der Waals surface area (Å²) in [4.78, 5) is 29.7. The molecule has 1 saturated heterocycles. The summed E-state index contributed by atoms with van der Waals surface area (Å²) in [6.45, 7) is 7.01. The van der Waals surface area contributed by atoms with Crippen molar-refractivity contribution in [1.29, 1.82) is 0 Å². The van der Waals surface area contributed by atoms with E-state index in [2.05, 4.69) is 4.90 Å². The van der Waals surface area contributed by atoms with Gasteiger partial charge < -0.3 is 14.7 Å². The number of amides is 1. The number of nitrogens with zero attached hydrogens (tertiary/aromatic N) is 2. The molecule has 2 aromatic rings. The average Bonchev–Trinajstić information content (AvgIpc) is 3.13. The number of aliphatic hydroxyl groups is 1. The SMILES string of the molecule is CC(=O)c1ccc(OCC(O)CN2CCN(C(=O)c3ccc(C)s3)CC2)cc1. The molecule has 6 nitrogen and oxygen atoms in total. The van der Waals surface area contributed by atoms with Gasteiger partial charge in [-0.3, -0.25) is 14.5 Å². The zero-order valence-electron chi connectivity index (χ0n) is 16.3. The van der Waals surface area contributed by atoms with Gasteiger partial charge in [0.1, 0.15) is 18.5 Å². The fourth-order valence-electron chi connectivity index (χ4n) is 3.17. The molecule has 0 radical (unpaired) electrons. The Bertz CT molecular complexity index is 810. The lowest BCUT2D eigenvalue weighted by molar-refractivity contribution is 0.0405. The Balaban J connectivity index is 1.40. The third kappa shape index (κ3) is 5.41. The molecule has 1 amide bonds. The highest BCUT2D eigenvalue weighted by molar-refractivity contribution is 7.13. The molecule has 1 aliphatic rings. The van der Waals surface area contributed by atoms with Crippen molar-refractivity contribution in [3.63, 3.8) is 0 Å². The molecule has 0 saturated carbocycles. The summed E-state index contributed by atoms with van der Waals surface area (Å²) < 4.78 is 5.61. The Morgan fingerprint density at radius 2 is 1.79 bits per heavy atom. The quantitative estimate of drug-likeness (QED) is 0.721. The first kappa shape index (κ1) is 20.5. The first-order chi connectivity index (χ1) is 13.4. The fraction of sp³-hybridized carbons (Fsp3) is 0.429. The average molecular weight is 403 g/mol. The Morgan fingerprint density at radius 3 is 2.36 bits per heavy atom. The number of aliphatic hydroxyl groups excluding tert-OH is 1. The lowest BCUT2D eigenvalue weighted by Gasteiger charge is -2.35. The molecule has 2 heterocycles. The second-order valence-electron chi connectivity index (χ2n) is 7.05. The summed E-state index contributed by atoms with van der Waals surface area (Å²) in [6, 6.07) is 10.8. The van der Waals surface area contributed by atoms with Crippen LogP contribution < -0.4 is 4.74 Å². The van der Waals surface area contributed by atoms with E-state index in [0.717, 1.165) is 22.8 Å². The predicted molar refractivity (Wildman–Crippen MR) is 109 cm³/mol. The summed E-state index contributed by atoms with van der Waals surface area (Å²) in [6.07, 6.45) is -0.616. The molecule has 3 rings (SSSR count). The third-order valence-electron chi connectivity index (χ3n) is 4.78. The van der Waals surface area contributed by atoms with E-state index in [0.29, 0.717) is 30.9 Å². The number of carbonyl (C=O) groups excluding carboxylic acids is 2. The number of ketones is 1. The Labute approximate surface area is 169 Å².